The molecule has 0 radical (unpaired) electrons. The predicted octanol–water partition coefficient (Wildman–Crippen LogP) is 3.15. The van der Waals surface area contributed by atoms with Gasteiger partial charge in [-0.15, -0.1) is 0 Å². The topological polar surface area (TPSA) is 139 Å². The summed E-state index contributed by atoms with van der Waals surface area (Å²) in [6.07, 6.45) is 10.3. The Balaban J connectivity index is 1.23. The van der Waals surface area contributed by atoms with Crippen molar-refractivity contribution in [3.8, 4) is 16.9 Å². The van der Waals surface area contributed by atoms with E-state index in [9.17, 15) is 19.8 Å². The monoisotopic (exact) mass is 623 g/mol. The number of aliphatic hydroxyl groups excluding tert-OH is 1. The van der Waals surface area contributed by atoms with Crippen LogP contribution in [0.5, 0.6) is 0 Å². The first kappa shape index (κ1) is 29.9. The van der Waals surface area contributed by atoms with Crippen molar-refractivity contribution in [2.45, 2.75) is 45.9 Å². The minimum Gasteiger partial charge on any atom is -0.392 e. The number of aromatic nitrogens is 5. The first-order valence-corrected chi connectivity index (χ1v) is 15.3. The number of hydrogen-bond donors (Lipinski definition) is 3. The van der Waals surface area contributed by atoms with Crippen LogP contribution in [0, 0.1) is 5.41 Å². The Labute approximate surface area is 265 Å². The number of rotatable bonds is 6. The van der Waals surface area contributed by atoms with Crippen molar-refractivity contribution in [1.29, 1.82) is 0 Å². The van der Waals surface area contributed by atoms with E-state index in [1.165, 1.54) is 14.7 Å². The second-order valence-corrected chi connectivity index (χ2v) is 13.2. The molecule has 0 unspecified atom stereocenters. The summed E-state index contributed by atoms with van der Waals surface area (Å²) in [4.78, 5) is 37.8. The van der Waals surface area contributed by atoms with Crippen LogP contribution < -0.4 is 21.3 Å². The van der Waals surface area contributed by atoms with Crippen molar-refractivity contribution in [2.24, 2.45) is 12.5 Å². The van der Waals surface area contributed by atoms with E-state index < -0.39 is 5.72 Å². The van der Waals surface area contributed by atoms with Gasteiger partial charge in [0.2, 0.25) is 0 Å². The predicted molar refractivity (Wildman–Crippen MR) is 175 cm³/mol. The molecule has 1 atom stereocenters. The number of hydrogen-bond acceptors (Lipinski definition) is 9. The number of morpholine rings is 1. The fourth-order valence-corrected chi connectivity index (χ4v) is 6.80. The molecule has 1 saturated heterocycles. The Hall–Kier alpha value is -4.78. The highest BCUT2D eigenvalue weighted by Gasteiger charge is 2.33. The van der Waals surface area contributed by atoms with Gasteiger partial charge < -0.3 is 34.1 Å². The summed E-state index contributed by atoms with van der Waals surface area (Å²) in [5.41, 5.74) is 4.21. The van der Waals surface area contributed by atoms with Crippen molar-refractivity contribution in [1.82, 2.24) is 23.5 Å². The lowest BCUT2D eigenvalue weighted by molar-refractivity contribution is -0.0622. The third-order valence-electron chi connectivity index (χ3n) is 9.00. The average molecular weight is 624 g/mol. The summed E-state index contributed by atoms with van der Waals surface area (Å²) in [6, 6.07) is 9.02. The highest BCUT2D eigenvalue weighted by Crippen LogP contribution is 2.37. The lowest BCUT2D eigenvalue weighted by Gasteiger charge is -2.41. The summed E-state index contributed by atoms with van der Waals surface area (Å²) in [5.74, 6) is 0.778. The number of aryl methyl sites for hydroxylation is 1. The van der Waals surface area contributed by atoms with Gasteiger partial charge in [0, 0.05) is 55.2 Å². The van der Waals surface area contributed by atoms with Crippen LogP contribution >= 0.6 is 0 Å². The molecule has 1 fully saturated rings. The Morgan fingerprint density at radius 1 is 1.04 bits per heavy atom. The minimum absolute atomic E-state index is 0.161. The molecule has 46 heavy (non-hydrogen) atoms. The van der Waals surface area contributed by atoms with Gasteiger partial charge in [0.15, 0.2) is 5.72 Å². The number of anilines is 3. The zero-order chi connectivity index (χ0) is 32.4. The van der Waals surface area contributed by atoms with Crippen LogP contribution in [0.25, 0.3) is 22.5 Å². The molecule has 5 aromatic rings. The highest BCUT2D eigenvalue weighted by atomic mass is 16.5. The van der Waals surface area contributed by atoms with Crippen molar-refractivity contribution in [2.75, 3.05) is 30.0 Å². The second-order valence-electron chi connectivity index (χ2n) is 13.2. The lowest BCUT2D eigenvalue weighted by atomic mass is 9.90. The molecular weight excluding hydrogens is 586 g/mol. The van der Waals surface area contributed by atoms with Crippen molar-refractivity contribution >= 4 is 22.7 Å². The maximum absolute atomic E-state index is 13.8. The van der Waals surface area contributed by atoms with E-state index >= 15 is 0 Å². The van der Waals surface area contributed by atoms with Gasteiger partial charge in [0.1, 0.15) is 22.8 Å². The molecule has 6 heterocycles. The molecule has 0 amide bonds. The Morgan fingerprint density at radius 2 is 1.87 bits per heavy atom. The molecule has 12 heteroatoms. The molecule has 7 rings (SSSR count). The van der Waals surface area contributed by atoms with E-state index in [4.69, 9.17) is 4.74 Å². The molecule has 1 aliphatic heterocycles. The molecule has 0 saturated carbocycles. The third kappa shape index (κ3) is 5.08. The maximum atomic E-state index is 13.8. The summed E-state index contributed by atoms with van der Waals surface area (Å²) in [5, 5.41) is 24.4. The van der Waals surface area contributed by atoms with E-state index in [0.717, 1.165) is 24.2 Å². The van der Waals surface area contributed by atoms with Gasteiger partial charge in [-0.1, -0.05) is 13.8 Å². The molecule has 238 valence electrons. The normalized spacial score (nSPS) is 19.0. The second kappa shape index (κ2) is 10.9. The van der Waals surface area contributed by atoms with Crippen LogP contribution in [-0.4, -0.2) is 59.2 Å². The van der Waals surface area contributed by atoms with E-state index in [1.54, 1.807) is 57.0 Å². The molecule has 0 aromatic carbocycles. The van der Waals surface area contributed by atoms with Crippen LogP contribution in [0.4, 0.5) is 17.2 Å². The first-order chi connectivity index (χ1) is 22.0. The number of pyridine rings is 3. The zero-order valence-corrected chi connectivity index (χ0v) is 26.3. The minimum atomic E-state index is -1.15. The van der Waals surface area contributed by atoms with Crippen LogP contribution in [-0.2, 0) is 31.2 Å². The average Bonchev–Trinajstić information content (AvgIpc) is 3.51. The Kier molecular flexibility index (Phi) is 7.11. The zero-order valence-electron chi connectivity index (χ0n) is 26.3. The maximum Gasteiger partial charge on any atom is 0.280 e. The van der Waals surface area contributed by atoms with Crippen molar-refractivity contribution in [3.63, 3.8) is 0 Å². The van der Waals surface area contributed by atoms with E-state index in [1.807, 2.05) is 27.6 Å². The van der Waals surface area contributed by atoms with Crippen LogP contribution in [0.2, 0.25) is 0 Å². The number of ether oxygens (including phenoxy) is 1. The largest absolute Gasteiger partial charge is 0.392 e. The van der Waals surface area contributed by atoms with Crippen LogP contribution in [0.1, 0.15) is 37.6 Å². The van der Waals surface area contributed by atoms with Crippen LogP contribution in [0.15, 0.2) is 70.9 Å². The van der Waals surface area contributed by atoms with Crippen molar-refractivity contribution in [3.05, 3.63) is 98.8 Å². The molecule has 0 bridgehead atoms. The molecule has 0 spiro atoms. The van der Waals surface area contributed by atoms with Crippen molar-refractivity contribution < 1.29 is 14.9 Å². The molecule has 1 aliphatic carbocycles. The van der Waals surface area contributed by atoms with Gasteiger partial charge in [-0.2, -0.15) is 0 Å². The fourth-order valence-electron chi connectivity index (χ4n) is 6.80. The molecule has 12 nitrogen and oxygen atoms in total. The molecular formula is C34H37N7O5. The third-order valence-corrected chi connectivity index (χ3v) is 9.00. The fraction of sp³-hybridized carbons (Fsp3) is 0.353. The molecule has 3 N–H and O–H groups in total. The highest BCUT2D eigenvalue weighted by molar-refractivity contribution is 5.73. The summed E-state index contributed by atoms with van der Waals surface area (Å²) in [6.45, 7) is 7.00. The van der Waals surface area contributed by atoms with Gasteiger partial charge in [0.05, 0.1) is 31.7 Å². The standard InChI is InChI=1S/C34H37N7O5/c1-33(2)15-21-14-27-32(44)40(10-9-39(27)28(21)16-33)30-25(19-42)24(7-8-35-30)22-13-26(31(43)38(4)18-22)37-29-6-5-23(17-36-29)41-11-12-46-20-34(41,3)45/h5-10,13-14,17-18,42,45H,11-12,15-16,19-20H2,1-4H3,(H,36,37)/t34-/m0/s1. The number of aliphatic hydroxyl groups is 2. The summed E-state index contributed by atoms with van der Waals surface area (Å²) >= 11 is 0. The van der Waals surface area contributed by atoms with Gasteiger partial charge in [-0.3, -0.25) is 14.2 Å². The van der Waals surface area contributed by atoms with Gasteiger partial charge in [0.25, 0.3) is 11.1 Å². The molecule has 2 aliphatic rings. The number of nitrogens with one attached hydrogen (secondary N) is 1. The number of fused-ring (bicyclic) bond motifs is 3. The lowest BCUT2D eigenvalue weighted by Crippen LogP contribution is -2.55. The van der Waals surface area contributed by atoms with Crippen LogP contribution in [0.3, 0.4) is 0 Å². The van der Waals surface area contributed by atoms with E-state index in [-0.39, 0.29) is 35.4 Å². The Bertz CT molecular complexity index is 2090. The smallest absolute Gasteiger partial charge is 0.280 e. The van der Waals surface area contributed by atoms with Gasteiger partial charge >= 0.3 is 0 Å². The molecule has 5 aromatic heterocycles. The van der Waals surface area contributed by atoms with E-state index in [2.05, 4.69) is 29.1 Å². The number of nitrogens with zero attached hydrogens (tertiary/aromatic N) is 6. The van der Waals surface area contributed by atoms with Gasteiger partial charge in [-0.05, 0) is 66.6 Å². The SMILES string of the molecule is Cn1cc(-c2ccnc(-n3ccn4c5c(cc4c3=O)CC(C)(C)C5)c2CO)cc(Nc2ccc(N3CCOC[C@]3(C)O)cn2)c1=O. The summed E-state index contributed by atoms with van der Waals surface area (Å²) in [7, 11) is 1.65. The first-order valence-electron chi connectivity index (χ1n) is 15.3. The Morgan fingerprint density at radius 3 is 2.61 bits per heavy atom. The summed E-state index contributed by atoms with van der Waals surface area (Å²) < 4.78 is 10.3. The van der Waals surface area contributed by atoms with Gasteiger partial charge in [-0.25, -0.2) is 9.97 Å². The van der Waals surface area contributed by atoms with E-state index in [0.29, 0.717) is 47.0 Å². The quantitative estimate of drug-likeness (QED) is 0.260.